The lowest BCUT2D eigenvalue weighted by Gasteiger charge is -2.23. The van der Waals surface area contributed by atoms with Crippen molar-refractivity contribution in [2.45, 2.75) is 26.1 Å². The summed E-state index contributed by atoms with van der Waals surface area (Å²) in [5, 5.41) is 11.6. The average molecular weight is 392 g/mol. The summed E-state index contributed by atoms with van der Waals surface area (Å²) in [7, 11) is 0. The first-order valence-corrected chi connectivity index (χ1v) is 8.55. The second kappa shape index (κ2) is 8.64. The number of urea groups is 1. The van der Waals surface area contributed by atoms with E-state index in [1.165, 1.54) is 6.26 Å². The molecule has 1 aliphatic rings. The molecule has 2 amide bonds. The summed E-state index contributed by atoms with van der Waals surface area (Å²) < 4.78 is 50.0. The van der Waals surface area contributed by atoms with Crippen molar-refractivity contribution < 1.29 is 37.0 Å². The van der Waals surface area contributed by atoms with Gasteiger partial charge in [0.1, 0.15) is 11.8 Å². The molecular weight excluding hydrogens is 369 g/mol. The Morgan fingerprint density at radius 2 is 2.07 bits per heavy atom. The average Bonchev–Trinajstić information content (AvgIpc) is 3.22. The third kappa shape index (κ3) is 5.62. The van der Waals surface area contributed by atoms with Gasteiger partial charge in [-0.15, -0.1) is 0 Å². The number of carboxylic acids is 1. The minimum Gasteiger partial charge on any atom is -0.481 e. The number of ether oxygens (including phenoxy) is 1. The van der Waals surface area contributed by atoms with E-state index in [1.807, 2.05) is 13.8 Å². The highest BCUT2D eigenvalue weighted by Crippen LogP contribution is 2.37. The number of likely N-dealkylation sites (tertiary alicyclic amines) is 1. The Kier molecular flexibility index (Phi) is 6.74. The molecule has 3 atom stereocenters. The Morgan fingerprint density at radius 1 is 1.37 bits per heavy atom. The molecule has 1 saturated heterocycles. The molecule has 1 aromatic rings. The minimum absolute atomic E-state index is 0.0797. The van der Waals surface area contributed by atoms with Crippen LogP contribution in [0.25, 0.3) is 0 Å². The Bertz CT molecular complexity index is 633. The van der Waals surface area contributed by atoms with Gasteiger partial charge in [0.2, 0.25) is 0 Å². The third-order valence-electron chi connectivity index (χ3n) is 4.26. The van der Waals surface area contributed by atoms with Crippen molar-refractivity contribution in [2.24, 2.45) is 17.8 Å². The van der Waals surface area contributed by atoms with Gasteiger partial charge in [0.25, 0.3) is 0 Å². The number of halogens is 3. The van der Waals surface area contributed by atoms with Gasteiger partial charge in [-0.25, -0.2) is 4.79 Å². The number of carbonyl (C=O) groups excluding carboxylic acids is 1. The summed E-state index contributed by atoms with van der Waals surface area (Å²) >= 11 is 0. The monoisotopic (exact) mass is 392 g/mol. The maximum absolute atomic E-state index is 13.1. The van der Waals surface area contributed by atoms with Crippen molar-refractivity contribution in [3.05, 3.63) is 24.2 Å². The fraction of sp³-hybridized carbons (Fsp3) is 0.647. The molecule has 0 saturated carbocycles. The number of alkyl halides is 3. The van der Waals surface area contributed by atoms with E-state index in [0.29, 0.717) is 12.4 Å². The minimum atomic E-state index is -4.70. The van der Waals surface area contributed by atoms with Gasteiger partial charge in [0, 0.05) is 19.7 Å². The molecule has 2 rings (SSSR count). The molecule has 0 radical (unpaired) electrons. The summed E-state index contributed by atoms with van der Waals surface area (Å²) in [5.41, 5.74) is 0. The molecule has 1 unspecified atom stereocenters. The van der Waals surface area contributed by atoms with E-state index >= 15 is 0 Å². The predicted molar refractivity (Wildman–Crippen MR) is 87.9 cm³/mol. The number of rotatable bonds is 7. The summed E-state index contributed by atoms with van der Waals surface area (Å²) in [6, 6.07) is 1.75. The van der Waals surface area contributed by atoms with Crippen molar-refractivity contribution >= 4 is 12.0 Å². The van der Waals surface area contributed by atoms with E-state index in [9.17, 15) is 22.8 Å². The Labute approximate surface area is 154 Å². The highest BCUT2D eigenvalue weighted by Gasteiger charge is 2.53. The number of hydrogen-bond acceptors (Lipinski definition) is 4. The molecule has 0 bridgehead atoms. The van der Waals surface area contributed by atoms with Crippen molar-refractivity contribution in [3.8, 4) is 0 Å². The molecule has 0 aliphatic carbocycles. The second-order valence-electron chi connectivity index (χ2n) is 6.95. The van der Waals surface area contributed by atoms with Gasteiger partial charge in [0.15, 0.2) is 0 Å². The van der Waals surface area contributed by atoms with Crippen molar-refractivity contribution in [2.75, 3.05) is 26.3 Å². The maximum Gasteiger partial charge on any atom is 0.394 e. The first-order chi connectivity index (χ1) is 12.6. The summed E-state index contributed by atoms with van der Waals surface area (Å²) in [6.45, 7) is 3.21. The Hall–Kier alpha value is -2.23. The van der Waals surface area contributed by atoms with Gasteiger partial charge in [-0.05, 0) is 18.1 Å². The zero-order chi connectivity index (χ0) is 20.2. The molecule has 10 heteroatoms. The zero-order valence-corrected chi connectivity index (χ0v) is 15.0. The number of nitrogens with zero attached hydrogens (tertiary/aromatic N) is 1. The van der Waals surface area contributed by atoms with E-state index in [4.69, 9.17) is 14.3 Å². The Balaban J connectivity index is 2.05. The van der Waals surface area contributed by atoms with E-state index < -0.39 is 49.1 Å². The molecule has 0 spiro atoms. The zero-order valence-electron chi connectivity index (χ0n) is 15.0. The van der Waals surface area contributed by atoms with Crippen LogP contribution in [0.3, 0.4) is 0 Å². The highest BCUT2D eigenvalue weighted by atomic mass is 19.4. The van der Waals surface area contributed by atoms with E-state index in [-0.39, 0.29) is 12.5 Å². The van der Waals surface area contributed by atoms with Crippen molar-refractivity contribution in [1.82, 2.24) is 10.2 Å². The lowest BCUT2D eigenvalue weighted by atomic mass is 9.96. The summed E-state index contributed by atoms with van der Waals surface area (Å²) in [5.74, 6) is -4.70. The lowest BCUT2D eigenvalue weighted by Crippen LogP contribution is -2.42. The SMILES string of the molecule is CC(C)COCC(NC(=O)N1C[C@@H](C(F)(F)F)[C@H](C(=O)O)C1)c1ccco1. The van der Waals surface area contributed by atoms with Crippen LogP contribution in [0.1, 0.15) is 25.6 Å². The topological polar surface area (TPSA) is 92.0 Å². The number of furan rings is 1. The lowest BCUT2D eigenvalue weighted by molar-refractivity contribution is -0.187. The van der Waals surface area contributed by atoms with Gasteiger partial charge < -0.3 is 24.5 Å². The number of aliphatic carboxylic acids is 1. The van der Waals surface area contributed by atoms with Crippen LogP contribution in [0.2, 0.25) is 0 Å². The normalized spacial score (nSPS) is 21.5. The van der Waals surface area contributed by atoms with Gasteiger partial charge in [-0.1, -0.05) is 13.8 Å². The first-order valence-electron chi connectivity index (χ1n) is 8.55. The van der Waals surface area contributed by atoms with Crippen LogP contribution in [-0.4, -0.2) is 54.5 Å². The van der Waals surface area contributed by atoms with Gasteiger partial charge in [0.05, 0.1) is 24.7 Å². The summed E-state index contributed by atoms with van der Waals surface area (Å²) in [4.78, 5) is 24.5. The quantitative estimate of drug-likeness (QED) is 0.745. The molecule has 0 aromatic carbocycles. The Morgan fingerprint density at radius 3 is 2.56 bits per heavy atom. The van der Waals surface area contributed by atoms with Gasteiger partial charge in [-0.3, -0.25) is 4.79 Å². The molecule has 7 nitrogen and oxygen atoms in total. The summed E-state index contributed by atoms with van der Waals surface area (Å²) in [6.07, 6.45) is -3.29. The molecular formula is C17H23F3N2O5. The number of amides is 2. The molecule has 1 aliphatic heterocycles. The van der Waals surface area contributed by atoms with Crippen LogP contribution < -0.4 is 5.32 Å². The van der Waals surface area contributed by atoms with Crippen molar-refractivity contribution in [1.29, 1.82) is 0 Å². The van der Waals surface area contributed by atoms with Gasteiger partial charge >= 0.3 is 18.2 Å². The van der Waals surface area contributed by atoms with Crippen LogP contribution in [0.5, 0.6) is 0 Å². The number of hydrogen-bond donors (Lipinski definition) is 2. The fourth-order valence-corrected chi connectivity index (χ4v) is 2.90. The molecule has 2 heterocycles. The number of carboxylic acid groups (broad SMARTS) is 1. The number of carbonyl (C=O) groups is 2. The second-order valence-corrected chi connectivity index (χ2v) is 6.95. The largest absolute Gasteiger partial charge is 0.481 e. The first kappa shape index (κ1) is 21.1. The molecule has 1 fully saturated rings. The van der Waals surface area contributed by atoms with Crippen LogP contribution in [0.4, 0.5) is 18.0 Å². The molecule has 152 valence electrons. The predicted octanol–water partition coefficient (Wildman–Crippen LogP) is 2.90. The van der Waals surface area contributed by atoms with E-state index in [2.05, 4.69) is 5.32 Å². The maximum atomic E-state index is 13.1. The van der Waals surface area contributed by atoms with Gasteiger partial charge in [-0.2, -0.15) is 13.2 Å². The highest BCUT2D eigenvalue weighted by molar-refractivity contribution is 5.78. The molecule has 2 N–H and O–H groups in total. The van der Waals surface area contributed by atoms with Crippen molar-refractivity contribution in [3.63, 3.8) is 0 Å². The van der Waals surface area contributed by atoms with Crippen LogP contribution >= 0.6 is 0 Å². The molecule has 27 heavy (non-hydrogen) atoms. The van der Waals surface area contributed by atoms with Crippen LogP contribution in [0.15, 0.2) is 22.8 Å². The van der Waals surface area contributed by atoms with E-state index in [0.717, 1.165) is 4.90 Å². The number of nitrogens with one attached hydrogen (secondary N) is 1. The standard InChI is InChI=1S/C17H23F3N2O5/c1-10(2)8-26-9-13(14-4-3-5-27-14)21-16(25)22-6-11(15(23)24)12(7-22)17(18,19)20/h3-5,10-13H,6-9H2,1-2H3,(H,21,25)(H,23,24)/t11-,12-,13?/m1/s1. The van der Waals surface area contributed by atoms with Crippen LogP contribution in [0, 0.1) is 17.8 Å². The third-order valence-corrected chi connectivity index (χ3v) is 4.26. The van der Waals surface area contributed by atoms with Crippen LogP contribution in [-0.2, 0) is 9.53 Å². The smallest absolute Gasteiger partial charge is 0.394 e. The molecule has 1 aromatic heterocycles. The fourth-order valence-electron chi connectivity index (χ4n) is 2.90. The van der Waals surface area contributed by atoms with E-state index in [1.54, 1.807) is 12.1 Å².